The number of hydrogen-bond donors (Lipinski definition) is 5. The number of carboxylic acids is 2. The van der Waals surface area contributed by atoms with E-state index in [2.05, 4.69) is 10.4 Å². The Balaban J connectivity index is 1.03. The molecule has 2 heterocycles. The number of benzene rings is 3. The van der Waals surface area contributed by atoms with E-state index in [0.717, 1.165) is 48.6 Å². The van der Waals surface area contributed by atoms with Gasteiger partial charge in [0.25, 0.3) is 11.8 Å². The van der Waals surface area contributed by atoms with Gasteiger partial charge in [-0.15, -0.1) is 0 Å². The third-order valence-electron chi connectivity index (χ3n) is 9.37. The first-order valence-electron chi connectivity index (χ1n) is 17.9. The summed E-state index contributed by atoms with van der Waals surface area (Å²) in [6, 6.07) is 16.0. The molecule has 0 unspecified atom stereocenters. The van der Waals surface area contributed by atoms with Gasteiger partial charge in [0.05, 0.1) is 58.0 Å². The number of aromatic carboxylic acids is 1. The number of nitrogens with zero attached hydrogens (tertiary/aromatic N) is 3. The number of nitrogens with one attached hydrogen (secondary N) is 2. The van der Waals surface area contributed by atoms with Gasteiger partial charge in [-0.1, -0.05) is 48.0 Å². The smallest absolute Gasteiger partial charge is 0.336 e. The number of aromatic nitrogens is 2. The minimum atomic E-state index is -1.17. The molecule has 2 amide bonds. The number of nitrogens with two attached hydrogens (primary N) is 1. The van der Waals surface area contributed by atoms with E-state index in [-0.39, 0.29) is 34.7 Å². The summed E-state index contributed by atoms with van der Waals surface area (Å²) in [7, 11) is 0. The molecule has 15 heteroatoms. The SMILES string of the molecule is N=C1C=CC=C(c2cccc(O[C@H]3C[C@@H](C(=O)O)N(C(=O)c4cnn(-c5ccc(F)cc5Cl)c4)C3)c2)/C1=C/[NH2+]CCCCCNC(=O)c1ccccc1C(=O)O. The summed E-state index contributed by atoms with van der Waals surface area (Å²) in [6.07, 6.45) is 11.9. The number of carbonyl (C=O) groups excluding carboxylic acids is 2. The average molecular weight is 782 g/mol. The summed E-state index contributed by atoms with van der Waals surface area (Å²) in [5, 5.41) is 37.0. The van der Waals surface area contributed by atoms with Gasteiger partial charge < -0.3 is 35.9 Å². The van der Waals surface area contributed by atoms with Crippen LogP contribution in [0.1, 0.15) is 62.3 Å². The van der Waals surface area contributed by atoms with E-state index in [1.807, 2.05) is 35.8 Å². The van der Waals surface area contributed by atoms with Crippen LogP contribution < -0.4 is 15.4 Å². The summed E-state index contributed by atoms with van der Waals surface area (Å²) in [6.45, 7) is 1.18. The molecule has 0 saturated carbocycles. The number of halogens is 2. The zero-order chi connectivity index (χ0) is 39.8. The molecule has 2 atom stereocenters. The molecule has 288 valence electrons. The van der Waals surface area contributed by atoms with Crippen LogP contribution in [0.2, 0.25) is 5.02 Å². The molecular formula is C41H39ClFN6O7+. The second-order valence-corrected chi connectivity index (χ2v) is 13.6. The van der Waals surface area contributed by atoms with E-state index >= 15 is 0 Å². The predicted octanol–water partition coefficient (Wildman–Crippen LogP) is 5.13. The fourth-order valence-electron chi connectivity index (χ4n) is 6.60. The fourth-order valence-corrected chi connectivity index (χ4v) is 6.85. The topological polar surface area (TPSA) is 192 Å². The third-order valence-corrected chi connectivity index (χ3v) is 9.67. The van der Waals surface area contributed by atoms with Crippen molar-refractivity contribution >= 4 is 46.6 Å². The second-order valence-electron chi connectivity index (χ2n) is 13.2. The standard InChI is InChI=1S/C41H38ClFN6O7/c42-34-19-27(43)14-15-36(34)49-23-26(21-47-49)39(51)48-24-29(20-37(48)41(54)55)56-28-9-6-8-25(18-28)30-12-7-13-35(44)33(30)22-45-16-4-1-5-17-46-38(50)31-10-2-3-11-32(31)40(52)53/h2-3,6-15,18-19,21-23,29,37,44-45H,1,4-5,16-17,20,24H2,(H,46,50)(H,52,53)(H,54,55)/p+1/b33-22-,44-35?/t29-,37-/m0/s1. The third kappa shape index (κ3) is 9.28. The van der Waals surface area contributed by atoms with Gasteiger partial charge in [-0.05, 0) is 78.9 Å². The second kappa shape index (κ2) is 17.8. The molecule has 1 aliphatic carbocycles. The normalized spacial score (nSPS) is 17.2. The number of unbranched alkanes of at least 4 members (excludes halogenated alkanes) is 2. The van der Waals surface area contributed by atoms with Crippen molar-refractivity contribution in [3.8, 4) is 11.4 Å². The van der Waals surface area contributed by atoms with Gasteiger partial charge in [0.2, 0.25) is 0 Å². The molecule has 6 rings (SSSR count). The lowest BCUT2D eigenvalue weighted by molar-refractivity contribution is -0.588. The van der Waals surface area contributed by atoms with Crippen LogP contribution in [0.25, 0.3) is 11.3 Å². The van der Waals surface area contributed by atoms with Gasteiger partial charge in [0, 0.05) is 19.2 Å². The van der Waals surface area contributed by atoms with Crippen molar-refractivity contribution in [1.82, 2.24) is 20.0 Å². The first kappa shape index (κ1) is 39.3. The van der Waals surface area contributed by atoms with Gasteiger partial charge in [-0.25, -0.2) is 18.7 Å². The predicted molar refractivity (Wildman–Crippen MR) is 206 cm³/mol. The van der Waals surface area contributed by atoms with Crippen molar-refractivity contribution in [2.45, 2.75) is 37.8 Å². The zero-order valence-electron chi connectivity index (χ0n) is 30.0. The van der Waals surface area contributed by atoms with Crippen LogP contribution in [0.15, 0.2) is 109 Å². The van der Waals surface area contributed by atoms with Crippen LogP contribution in [0.4, 0.5) is 4.39 Å². The number of ether oxygens (including phenoxy) is 1. The Labute approximate surface area is 326 Å². The molecule has 4 aromatic rings. The van der Waals surface area contributed by atoms with E-state index in [4.69, 9.17) is 21.7 Å². The average Bonchev–Trinajstić information content (AvgIpc) is 3.84. The van der Waals surface area contributed by atoms with Gasteiger partial charge in [0.1, 0.15) is 29.9 Å². The quantitative estimate of drug-likeness (QED) is 0.103. The van der Waals surface area contributed by atoms with Crippen LogP contribution in [0.5, 0.6) is 5.75 Å². The minimum Gasteiger partial charge on any atom is -0.488 e. The minimum absolute atomic E-state index is 0.0176. The van der Waals surface area contributed by atoms with E-state index in [0.29, 0.717) is 23.7 Å². The van der Waals surface area contributed by atoms with E-state index < -0.39 is 41.7 Å². The van der Waals surface area contributed by atoms with E-state index in [9.17, 15) is 33.8 Å². The summed E-state index contributed by atoms with van der Waals surface area (Å²) >= 11 is 6.16. The monoisotopic (exact) mass is 781 g/mol. The number of likely N-dealkylation sites (tertiary alicyclic amines) is 1. The molecule has 1 fully saturated rings. The van der Waals surface area contributed by atoms with Gasteiger partial charge in [0.15, 0.2) is 0 Å². The molecule has 2 aliphatic rings. The number of amides is 2. The molecule has 13 nitrogen and oxygen atoms in total. The number of hydrogen-bond acceptors (Lipinski definition) is 7. The fraction of sp³-hybridized carbons (Fsp3) is 0.220. The molecule has 6 N–H and O–H groups in total. The van der Waals surface area contributed by atoms with Crippen LogP contribution in [0.3, 0.4) is 0 Å². The number of allylic oxidation sites excluding steroid dienone is 5. The van der Waals surface area contributed by atoms with Gasteiger partial charge in [-0.3, -0.25) is 9.59 Å². The molecule has 1 aromatic heterocycles. The number of carbonyl (C=O) groups is 4. The van der Waals surface area contributed by atoms with Crippen LogP contribution in [-0.2, 0) is 4.79 Å². The number of rotatable bonds is 15. The first-order valence-corrected chi connectivity index (χ1v) is 18.3. The zero-order valence-corrected chi connectivity index (χ0v) is 30.8. The Morgan fingerprint density at radius 3 is 2.61 bits per heavy atom. The Morgan fingerprint density at radius 1 is 1.04 bits per heavy atom. The van der Waals surface area contributed by atoms with Crippen molar-refractivity contribution in [3.05, 3.63) is 142 Å². The molecule has 56 heavy (non-hydrogen) atoms. The highest BCUT2D eigenvalue weighted by Crippen LogP contribution is 2.31. The Kier molecular flexibility index (Phi) is 12.5. The lowest BCUT2D eigenvalue weighted by atomic mass is 9.91. The van der Waals surface area contributed by atoms with Crippen molar-refractivity contribution in [2.24, 2.45) is 0 Å². The summed E-state index contributed by atoms with van der Waals surface area (Å²) in [5.74, 6) is -3.32. The highest BCUT2D eigenvalue weighted by atomic mass is 35.5. The lowest BCUT2D eigenvalue weighted by Crippen LogP contribution is -2.78. The van der Waals surface area contributed by atoms with E-state index in [1.165, 1.54) is 46.2 Å². The summed E-state index contributed by atoms with van der Waals surface area (Å²) in [4.78, 5) is 50.9. The molecular weight excluding hydrogens is 743 g/mol. The molecule has 0 radical (unpaired) electrons. The largest absolute Gasteiger partial charge is 0.488 e. The number of carboxylic acid groups (broad SMARTS) is 2. The number of aliphatic carboxylic acids is 1. The highest BCUT2D eigenvalue weighted by Gasteiger charge is 2.41. The Morgan fingerprint density at radius 2 is 1.84 bits per heavy atom. The maximum Gasteiger partial charge on any atom is 0.336 e. The van der Waals surface area contributed by atoms with Crippen LogP contribution in [-0.4, -0.2) is 86.1 Å². The molecule has 0 bridgehead atoms. The van der Waals surface area contributed by atoms with Crippen molar-refractivity contribution in [3.63, 3.8) is 0 Å². The Bertz CT molecular complexity index is 2270. The molecule has 3 aromatic carbocycles. The molecule has 1 saturated heterocycles. The van der Waals surface area contributed by atoms with Crippen molar-refractivity contribution < 1.29 is 43.8 Å². The lowest BCUT2D eigenvalue weighted by Gasteiger charge is -2.20. The van der Waals surface area contributed by atoms with Crippen molar-refractivity contribution in [1.29, 1.82) is 5.41 Å². The van der Waals surface area contributed by atoms with Gasteiger partial charge >= 0.3 is 11.9 Å². The van der Waals surface area contributed by atoms with Crippen molar-refractivity contribution in [2.75, 3.05) is 19.6 Å². The maximum atomic E-state index is 13.6. The molecule has 1 aliphatic heterocycles. The summed E-state index contributed by atoms with van der Waals surface area (Å²) < 4.78 is 21.1. The maximum absolute atomic E-state index is 13.6. The van der Waals surface area contributed by atoms with Crippen LogP contribution in [0, 0.1) is 11.2 Å². The summed E-state index contributed by atoms with van der Waals surface area (Å²) in [5.41, 5.74) is 3.27. The highest BCUT2D eigenvalue weighted by molar-refractivity contribution is 6.32. The Hall–Kier alpha value is -6.38. The van der Waals surface area contributed by atoms with Gasteiger partial charge in [-0.2, -0.15) is 5.10 Å². The van der Waals surface area contributed by atoms with Crippen LogP contribution >= 0.6 is 11.6 Å². The number of quaternary nitrogens is 1. The van der Waals surface area contributed by atoms with E-state index in [1.54, 1.807) is 30.4 Å². The first-order chi connectivity index (χ1) is 27.0. The molecule has 0 spiro atoms.